The first-order valence-corrected chi connectivity index (χ1v) is 10.5. The van der Waals surface area contributed by atoms with Crippen LogP contribution in [0.15, 0.2) is 24.3 Å². The van der Waals surface area contributed by atoms with E-state index in [1.165, 1.54) is 12.1 Å². The molecule has 1 saturated carbocycles. The van der Waals surface area contributed by atoms with Crippen molar-refractivity contribution in [2.75, 3.05) is 27.2 Å². The number of carbonyl (C=O) groups excluding carboxylic acids is 2. The van der Waals surface area contributed by atoms with Gasteiger partial charge in [0.1, 0.15) is 0 Å². The minimum atomic E-state index is -4.37. The lowest BCUT2D eigenvalue weighted by Crippen LogP contribution is -2.62. The van der Waals surface area contributed by atoms with Gasteiger partial charge in [-0.3, -0.25) is 9.59 Å². The first-order chi connectivity index (χ1) is 14.1. The average molecular weight is 425 g/mol. The Kier molecular flexibility index (Phi) is 6.75. The van der Waals surface area contributed by atoms with E-state index in [1.807, 2.05) is 23.9 Å². The van der Waals surface area contributed by atoms with Crippen LogP contribution in [0, 0.1) is 5.41 Å². The van der Waals surface area contributed by atoms with Crippen molar-refractivity contribution in [3.63, 3.8) is 0 Å². The number of nitrogens with zero attached hydrogens (tertiary/aromatic N) is 2. The van der Waals surface area contributed by atoms with E-state index in [2.05, 4.69) is 5.32 Å². The van der Waals surface area contributed by atoms with Crippen LogP contribution in [-0.4, -0.2) is 54.8 Å². The van der Waals surface area contributed by atoms with Crippen molar-refractivity contribution in [3.8, 4) is 0 Å². The second-order valence-electron chi connectivity index (χ2n) is 8.69. The minimum Gasteiger partial charge on any atom is -0.351 e. The number of halogens is 3. The fourth-order valence-electron chi connectivity index (χ4n) is 4.75. The molecule has 3 rings (SSSR count). The molecule has 0 aromatic heterocycles. The molecule has 1 aliphatic heterocycles. The molecule has 5 nitrogen and oxygen atoms in total. The highest BCUT2D eigenvalue weighted by molar-refractivity contribution is 5.88. The van der Waals surface area contributed by atoms with Crippen molar-refractivity contribution in [1.29, 1.82) is 0 Å². The molecular weight excluding hydrogens is 395 g/mol. The van der Waals surface area contributed by atoms with Crippen LogP contribution >= 0.6 is 0 Å². The van der Waals surface area contributed by atoms with E-state index in [0.29, 0.717) is 24.9 Å². The molecule has 1 N–H and O–H groups in total. The van der Waals surface area contributed by atoms with Gasteiger partial charge in [0, 0.05) is 32.1 Å². The summed E-state index contributed by atoms with van der Waals surface area (Å²) in [6.07, 6.45) is 0.00548. The quantitative estimate of drug-likeness (QED) is 0.760. The fourth-order valence-corrected chi connectivity index (χ4v) is 4.75. The third-order valence-corrected chi connectivity index (χ3v) is 6.44. The highest BCUT2D eigenvalue weighted by atomic mass is 19.4. The first kappa shape index (κ1) is 22.6. The normalized spacial score (nSPS) is 24.7. The van der Waals surface area contributed by atoms with Gasteiger partial charge >= 0.3 is 6.18 Å². The molecular formula is C22H30F3N3O2. The molecule has 0 bridgehead atoms. The Hall–Kier alpha value is -2.09. The lowest BCUT2D eigenvalue weighted by molar-refractivity contribution is -0.155. The summed E-state index contributed by atoms with van der Waals surface area (Å²) < 4.78 is 38.2. The number of likely N-dealkylation sites (N-methyl/N-ethyl adjacent to an activating group) is 1. The fraction of sp³-hybridized carbons (Fsp3) is 0.636. The maximum atomic E-state index is 13.3. The number of likely N-dealkylation sites (tertiary alicyclic amines) is 1. The SMILES string of the molecule is CN(C)CCN1C(=O)CC[C@]2(C(=O)NCc3ccc(C(F)(F)F)cc3)CCCC[C@@H]12. The van der Waals surface area contributed by atoms with E-state index < -0.39 is 17.2 Å². The first-order valence-electron chi connectivity index (χ1n) is 10.5. The Morgan fingerprint density at radius 3 is 2.53 bits per heavy atom. The van der Waals surface area contributed by atoms with E-state index in [0.717, 1.165) is 44.4 Å². The molecule has 0 unspecified atom stereocenters. The van der Waals surface area contributed by atoms with Crippen molar-refractivity contribution >= 4 is 11.8 Å². The highest BCUT2D eigenvalue weighted by Crippen LogP contribution is 2.46. The number of rotatable bonds is 6. The zero-order valence-corrected chi connectivity index (χ0v) is 17.6. The van der Waals surface area contributed by atoms with Gasteiger partial charge in [-0.25, -0.2) is 0 Å². The van der Waals surface area contributed by atoms with E-state index in [-0.39, 0.29) is 24.4 Å². The van der Waals surface area contributed by atoms with E-state index in [1.54, 1.807) is 0 Å². The zero-order chi connectivity index (χ0) is 21.9. The predicted octanol–water partition coefficient (Wildman–Crippen LogP) is 3.43. The van der Waals surface area contributed by atoms with Crippen molar-refractivity contribution in [1.82, 2.24) is 15.1 Å². The standard InChI is InChI=1S/C22H30F3N3O2/c1-27(2)13-14-28-18-5-3-4-11-21(18,12-10-19(28)29)20(30)26-15-16-6-8-17(9-7-16)22(23,24)25/h6-9,18H,3-5,10-15H2,1-2H3,(H,26,30)/t18-,21-/m1/s1. The van der Waals surface area contributed by atoms with Gasteiger partial charge in [-0.1, -0.05) is 25.0 Å². The lowest BCUT2D eigenvalue weighted by atomic mass is 9.64. The van der Waals surface area contributed by atoms with Gasteiger partial charge in [0.25, 0.3) is 0 Å². The molecule has 2 atom stereocenters. The molecule has 2 fully saturated rings. The van der Waals surface area contributed by atoms with Gasteiger partial charge in [-0.15, -0.1) is 0 Å². The van der Waals surface area contributed by atoms with Gasteiger partial charge in [0.15, 0.2) is 0 Å². The maximum absolute atomic E-state index is 13.3. The average Bonchev–Trinajstić information content (AvgIpc) is 2.70. The van der Waals surface area contributed by atoms with Crippen molar-refractivity contribution in [3.05, 3.63) is 35.4 Å². The number of piperidine rings is 1. The van der Waals surface area contributed by atoms with E-state index in [4.69, 9.17) is 0 Å². The van der Waals surface area contributed by atoms with Gasteiger partial charge < -0.3 is 15.1 Å². The van der Waals surface area contributed by atoms with Crippen LogP contribution in [0.4, 0.5) is 13.2 Å². The van der Waals surface area contributed by atoms with Gasteiger partial charge in [0.05, 0.1) is 11.0 Å². The molecule has 1 heterocycles. The highest BCUT2D eigenvalue weighted by Gasteiger charge is 2.52. The molecule has 30 heavy (non-hydrogen) atoms. The molecule has 1 aromatic carbocycles. The van der Waals surface area contributed by atoms with Gasteiger partial charge in [0.2, 0.25) is 11.8 Å². The molecule has 0 radical (unpaired) electrons. The molecule has 8 heteroatoms. The molecule has 1 saturated heterocycles. The monoisotopic (exact) mass is 425 g/mol. The number of hydrogen-bond donors (Lipinski definition) is 1. The number of carbonyl (C=O) groups is 2. The van der Waals surface area contributed by atoms with E-state index >= 15 is 0 Å². The van der Waals surface area contributed by atoms with Gasteiger partial charge in [-0.2, -0.15) is 13.2 Å². The van der Waals surface area contributed by atoms with Crippen LogP contribution in [0.5, 0.6) is 0 Å². The molecule has 2 aliphatic rings. The second kappa shape index (κ2) is 8.96. The van der Waals surface area contributed by atoms with Crippen LogP contribution < -0.4 is 5.32 Å². The van der Waals surface area contributed by atoms with Crippen LogP contribution in [-0.2, 0) is 22.3 Å². The number of benzene rings is 1. The van der Waals surface area contributed by atoms with Gasteiger partial charge in [-0.05, 0) is 51.1 Å². The number of hydrogen-bond acceptors (Lipinski definition) is 3. The number of alkyl halides is 3. The summed E-state index contributed by atoms with van der Waals surface area (Å²) in [5, 5.41) is 2.95. The minimum absolute atomic E-state index is 0.0885. The van der Waals surface area contributed by atoms with Crippen molar-refractivity contribution < 1.29 is 22.8 Å². The lowest BCUT2D eigenvalue weighted by Gasteiger charge is -2.51. The smallest absolute Gasteiger partial charge is 0.351 e. The Morgan fingerprint density at radius 2 is 1.90 bits per heavy atom. The molecule has 1 aromatic rings. The summed E-state index contributed by atoms with van der Waals surface area (Å²) in [4.78, 5) is 29.8. The Morgan fingerprint density at radius 1 is 1.20 bits per heavy atom. The molecule has 2 amide bonds. The third kappa shape index (κ3) is 4.79. The summed E-state index contributed by atoms with van der Waals surface area (Å²) in [6.45, 7) is 1.52. The van der Waals surface area contributed by atoms with E-state index in [9.17, 15) is 22.8 Å². The molecule has 1 aliphatic carbocycles. The molecule has 166 valence electrons. The number of amides is 2. The third-order valence-electron chi connectivity index (χ3n) is 6.44. The maximum Gasteiger partial charge on any atom is 0.416 e. The predicted molar refractivity (Wildman–Crippen MR) is 107 cm³/mol. The van der Waals surface area contributed by atoms with Crippen LogP contribution in [0.3, 0.4) is 0 Å². The van der Waals surface area contributed by atoms with Crippen LogP contribution in [0.25, 0.3) is 0 Å². The van der Waals surface area contributed by atoms with Crippen LogP contribution in [0.2, 0.25) is 0 Å². The Labute approximate surface area is 175 Å². The number of fused-ring (bicyclic) bond motifs is 1. The topological polar surface area (TPSA) is 52.7 Å². The van der Waals surface area contributed by atoms with Crippen molar-refractivity contribution in [2.24, 2.45) is 5.41 Å². The summed E-state index contributed by atoms with van der Waals surface area (Å²) in [5.74, 6) is 0.0179. The Balaban J connectivity index is 1.71. The zero-order valence-electron chi connectivity index (χ0n) is 17.6. The summed E-state index contributed by atoms with van der Waals surface area (Å²) >= 11 is 0. The molecule has 0 spiro atoms. The second-order valence-corrected chi connectivity index (χ2v) is 8.69. The van der Waals surface area contributed by atoms with Crippen LogP contribution in [0.1, 0.15) is 49.7 Å². The van der Waals surface area contributed by atoms with Crippen molar-refractivity contribution in [2.45, 2.75) is 57.3 Å². The summed E-state index contributed by atoms with van der Waals surface area (Å²) in [5.41, 5.74) is -0.688. The summed E-state index contributed by atoms with van der Waals surface area (Å²) in [7, 11) is 3.92. The largest absolute Gasteiger partial charge is 0.416 e. The number of nitrogens with one attached hydrogen (secondary N) is 1. The Bertz CT molecular complexity index is 764. The summed E-state index contributed by atoms with van der Waals surface area (Å²) in [6, 6.07) is 4.75.